The van der Waals surface area contributed by atoms with Crippen LogP contribution in [-0.2, 0) is 0 Å². The van der Waals surface area contributed by atoms with Crippen LogP contribution < -0.4 is 5.32 Å². The second-order valence-corrected chi connectivity index (χ2v) is 7.09. The average Bonchev–Trinajstić information content (AvgIpc) is 2.77. The van der Waals surface area contributed by atoms with E-state index in [-0.39, 0.29) is 0 Å². The van der Waals surface area contributed by atoms with Gasteiger partial charge < -0.3 is 5.32 Å². The first-order chi connectivity index (χ1) is 8.19. The highest BCUT2D eigenvalue weighted by atomic mass is 32.2. The Balaban J connectivity index is 1.81. The number of nitrogens with one attached hydrogen (secondary N) is 1. The maximum atomic E-state index is 4.56. The number of thiazole rings is 1. The zero-order chi connectivity index (χ0) is 12.3. The summed E-state index contributed by atoms with van der Waals surface area (Å²) < 4.78 is 0. The van der Waals surface area contributed by atoms with Gasteiger partial charge in [-0.1, -0.05) is 0 Å². The molecule has 0 aromatic carbocycles. The summed E-state index contributed by atoms with van der Waals surface area (Å²) in [5, 5.41) is 7.97. The van der Waals surface area contributed by atoms with Crippen molar-refractivity contribution in [3.8, 4) is 0 Å². The van der Waals surface area contributed by atoms with Gasteiger partial charge in [0.05, 0.1) is 10.7 Å². The van der Waals surface area contributed by atoms with E-state index in [0.29, 0.717) is 12.1 Å². The highest BCUT2D eigenvalue weighted by molar-refractivity contribution is 7.99. The van der Waals surface area contributed by atoms with Crippen molar-refractivity contribution in [3.05, 3.63) is 16.1 Å². The fourth-order valence-corrected chi connectivity index (χ4v) is 3.93. The van der Waals surface area contributed by atoms with Crippen molar-refractivity contribution >= 4 is 23.1 Å². The standard InChI is InChI=1S/C13H22N2S2/c1-9(13-8-17-10(2)15-13)14-11-4-6-12(16-3)7-5-11/h8-9,11-12,14H,4-7H2,1-3H3. The highest BCUT2D eigenvalue weighted by Crippen LogP contribution is 2.28. The molecule has 2 rings (SSSR count). The third kappa shape index (κ3) is 3.70. The summed E-state index contributed by atoms with van der Waals surface area (Å²) in [6.45, 7) is 4.31. The molecule has 1 fully saturated rings. The van der Waals surface area contributed by atoms with Crippen LogP contribution in [0.3, 0.4) is 0 Å². The minimum absolute atomic E-state index is 0.399. The second kappa shape index (κ2) is 6.21. The van der Waals surface area contributed by atoms with E-state index in [1.807, 2.05) is 11.8 Å². The van der Waals surface area contributed by atoms with E-state index in [0.717, 1.165) is 5.25 Å². The van der Waals surface area contributed by atoms with Crippen LogP contribution in [0.4, 0.5) is 0 Å². The number of hydrogen-bond acceptors (Lipinski definition) is 4. The maximum Gasteiger partial charge on any atom is 0.0898 e. The number of aryl methyl sites for hydroxylation is 1. The number of aromatic nitrogens is 1. The monoisotopic (exact) mass is 270 g/mol. The van der Waals surface area contributed by atoms with Gasteiger partial charge >= 0.3 is 0 Å². The molecule has 0 spiro atoms. The van der Waals surface area contributed by atoms with Gasteiger partial charge in [0.15, 0.2) is 0 Å². The molecule has 1 atom stereocenters. The average molecular weight is 270 g/mol. The van der Waals surface area contributed by atoms with Crippen LogP contribution in [0.25, 0.3) is 0 Å². The lowest BCUT2D eigenvalue weighted by Crippen LogP contribution is -2.35. The predicted octanol–water partition coefficient (Wildman–Crippen LogP) is 3.78. The first-order valence-electron chi connectivity index (χ1n) is 6.40. The molecule has 96 valence electrons. The SMILES string of the molecule is CSC1CCC(NC(C)c2csc(C)n2)CC1. The summed E-state index contributed by atoms with van der Waals surface area (Å²) in [4.78, 5) is 4.56. The van der Waals surface area contributed by atoms with Gasteiger partial charge in [0.2, 0.25) is 0 Å². The van der Waals surface area contributed by atoms with Crippen molar-refractivity contribution in [1.29, 1.82) is 0 Å². The summed E-state index contributed by atoms with van der Waals surface area (Å²) in [5.41, 5.74) is 1.21. The van der Waals surface area contributed by atoms with E-state index in [1.165, 1.54) is 36.4 Å². The van der Waals surface area contributed by atoms with Crippen LogP contribution in [0.2, 0.25) is 0 Å². The Labute approximate surface area is 113 Å². The van der Waals surface area contributed by atoms with Crippen molar-refractivity contribution in [2.75, 3.05) is 6.26 Å². The molecule has 1 saturated carbocycles. The zero-order valence-electron chi connectivity index (χ0n) is 10.9. The summed E-state index contributed by atoms with van der Waals surface area (Å²) in [6.07, 6.45) is 7.60. The number of thioether (sulfide) groups is 1. The number of rotatable bonds is 4. The molecule has 1 unspecified atom stereocenters. The Morgan fingerprint density at radius 2 is 2.12 bits per heavy atom. The lowest BCUT2D eigenvalue weighted by atomic mass is 9.94. The van der Waals surface area contributed by atoms with Crippen LogP contribution >= 0.6 is 23.1 Å². The Morgan fingerprint density at radius 1 is 1.41 bits per heavy atom. The molecule has 1 heterocycles. The van der Waals surface area contributed by atoms with E-state index in [9.17, 15) is 0 Å². The molecular formula is C13H22N2S2. The second-order valence-electron chi connectivity index (χ2n) is 4.89. The molecular weight excluding hydrogens is 248 g/mol. The van der Waals surface area contributed by atoms with Gasteiger partial charge in [0, 0.05) is 22.7 Å². The van der Waals surface area contributed by atoms with Crippen molar-refractivity contribution in [2.45, 2.75) is 56.9 Å². The topological polar surface area (TPSA) is 24.9 Å². The quantitative estimate of drug-likeness (QED) is 0.901. The molecule has 1 aliphatic carbocycles. The summed E-state index contributed by atoms with van der Waals surface area (Å²) >= 11 is 3.77. The Kier molecular flexibility index (Phi) is 4.88. The van der Waals surface area contributed by atoms with Gasteiger partial charge in [0.25, 0.3) is 0 Å². The van der Waals surface area contributed by atoms with Gasteiger partial charge in [0.1, 0.15) is 0 Å². The van der Waals surface area contributed by atoms with E-state index < -0.39 is 0 Å². The largest absolute Gasteiger partial charge is 0.306 e. The van der Waals surface area contributed by atoms with Gasteiger partial charge in [-0.05, 0) is 45.8 Å². The zero-order valence-corrected chi connectivity index (χ0v) is 12.5. The Bertz CT molecular complexity index is 343. The fourth-order valence-electron chi connectivity index (χ4n) is 2.48. The minimum Gasteiger partial charge on any atom is -0.306 e. The molecule has 1 aromatic heterocycles. The van der Waals surface area contributed by atoms with Gasteiger partial charge in [-0.25, -0.2) is 4.98 Å². The Morgan fingerprint density at radius 3 is 2.65 bits per heavy atom. The third-order valence-electron chi connectivity index (χ3n) is 3.57. The van der Waals surface area contributed by atoms with Crippen LogP contribution in [-0.4, -0.2) is 22.5 Å². The fraction of sp³-hybridized carbons (Fsp3) is 0.769. The smallest absolute Gasteiger partial charge is 0.0898 e. The summed E-state index contributed by atoms with van der Waals surface area (Å²) in [6, 6.07) is 1.09. The van der Waals surface area contributed by atoms with E-state index >= 15 is 0 Å². The Hall–Kier alpha value is -0.0600. The van der Waals surface area contributed by atoms with Gasteiger partial charge in [-0.3, -0.25) is 0 Å². The van der Waals surface area contributed by atoms with Crippen LogP contribution in [0.1, 0.15) is 49.4 Å². The molecule has 0 bridgehead atoms. The molecule has 0 radical (unpaired) electrons. The van der Waals surface area contributed by atoms with Crippen molar-refractivity contribution in [3.63, 3.8) is 0 Å². The van der Waals surface area contributed by atoms with E-state index in [1.54, 1.807) is 11.3 Å². The lowest BCUT2D eigenvalue weighted by molar-refractivity contribution is 0.350. The molecule has 0 saturated heterocycles. The van der Waals surface area contributed by atoms with E-state index in [4.69, 9.17) is 0 Å². The lowest BCUT2D eigenvalue weighted by Gasteiger charge is -2.30. The van der Waals surface area contributed by atoms with Crippen LogP contribution in [0, 0.1) is 6.92 Å². The maximum absolute atomic E-state index is 4.56. The molecule has 2 nitrogen and oxygen atoms in total. The molecule has 0 amide bonds. The minimum atomic E-state index is 0.399. The highest BCUT2D eigenvalue weighted by Gasteiger charge is 2.22. The molecule has 0 aliphatic heterocycles. The van der Waals surface area contributed by atoms with Crippen molar-refractivity contribution < 1.29 is 0 Å². The molecule has 17 heavy (non-hydrogen) atoms. The van der Waals surface area contributed by atoms with Crippen molar-refractivity contribution in [2.24, 2.45) is 0 Å². The number of nitrogens with zero attached hydrogens (tertiary/aromatic N) is 1. The van der Waals surface area contributed by atoms with Gasteiger partial charge in [-0.15, -0.1) is 11.3 Å². The molecule has 4 heteroatoms. The predicted molar refractivity (Wildman–Crippen MR) is 78.0 cm³/mol. The molecule has 1 aromatic rings. The summed E-state index contributed by atoms with van der Waals surface area (Å²) in [5.74, 6) is 0. The van der Waals surface area contributed by atoms with E-state index in [2.05, 4.69) is 35.8 Å². The van der Waals surface area contributed by atoms with Gasteiger partial charge in [-0.2, -0.15) is 11.8 Å². The normalized spacial score (nSPS) is 27.0. The van der Waals surface area contributed by atoms with Crippen LogP contribution in [0.15, 0.2) is 5.38 Å². The number of hydrogen-bond donors (Lipinski definition) is 1. The first-order valence-corrected chi connectivity index (χ1v) is 8.56. The van der Waals surface area contributed by atoms with Crippen molar-refractivity contribution in [1.82, 2.24) is 10.3 Å². The first kappa shape index (κ1) is 13.4. The summed E-state index contributed by atoms with van der Waals surface area (Å²) in [7, 11) is 0. The molecule has 1 N–H and O–H groups in total. The van der Waals surface area contributed by atoms with Crippen LogP contribution in [0.5, 0.6) is 0 Å². The third-order valence-corrected chi connectivity index (χ3v) is 5.50. The molecule has 1 aliphatic rings.